The van der Waals surface area contributed by atoms with Crippen molar-refractivity contribution in [1.82, 2.24) is 0 Å². The van der Waals surface area contributed by atoms with E-state index in [1.54, 1.807) is 12.1 Å². The number of hydrogen-bond donors (Lipinski definition) is 1. The van der Waals surface area contributed by atoms with E-state index in [0.29, 0.717) is 16.8 Å². The van der Waals surface area contributed by atoms with Crippen molar-refractivity contribution in [3.63, 3.8) is 0 Å². The van der Waals surface area contributed by atoms with Crippen molar-refractivity contribution in [2.45, 2.75) is 13.5 Å². The third-order valence-corrected chi connectivity index (χ3v) is 2.97. The molecule has 0 spiro atoms. The predicted octanol–water partition coefficient (Wildman–Crippen LogP) is 2.95. The Bertz CT molecular complexity index is 736. The fourth-order valence-electron chi connectivity index (χ4n) is 1.80. The summed E-state index contributed by atoms with van der Waals surface area (Å²) in [6.45, 7) is 1.72. The number of nitriles is 1. The lowest BCUT2D eigenvalue weighted by molar-refractivity contribution is 0.0472. The van der Waals surface area contributed by atoms with Gasteiger partial charge < -0.3 is 10.5 Å². The van der Waals surface area contributed by atoms with Crippen LogP contribution in [-0.4, -0.2) is 5.97 Å². The molecule has 21 heavy (non-hydrogen) atoms. The molecule has 0 saturated carbocycles. The predicted molar refractivity (Wildman–Crippen MR) is 75.8 cm³/mol. The summed E-state index contributed by atoms with van der Waals surface area (Å²) in [4.78, 5) is 11.9. The van der Waals surface area contributed by atoms with Gasteiger partial charge in [0.15, 0.2) is 0 Å². The van der Waals surface area contributed by atoms with E-state index in [0.717, 1.165) is 11.6 Å². The lowest BCUT2D eigenvalue weighted by Crippen LogP contribution is -2.06. The molecule has 5 heteroatoms. The number of rotatable bonds is 3. The monoisotopic (exact) mass is 284 g/mol. The van der Waals surface area contributed by atoms with Gasteiger partial charge in [-0.3, -0.25) is 0 Å². The van der Waals surface area contributed by atoms with Crippen molar-refractivity contribution in [3.05, 3.63) is 64.5 Å². The van der Waals surface area contributed by atoms with Crippen LogP contribution in [0.25, 0.3) is 0 Å². The van der Waals surface area contributed by atoms with E-state index >= 15 is 0 Å². The molecule has 0 atom stereocenters. The number of esters is 1. The topological polar surface area (TPSA) is 76.1 Å². The molecule has 2 N–H and O–H groups in total. The second-order valence-corrected chi connectivity index (χ2v) is 4.61. The number of benzene rings is 2. The number of hydrogen-bond acceptors (Lipinski definition) is 4. The Morgan fingerprint density at radius 1 is 1.33 bits per heavy atom. The standard InChI is InChI=1S/C16H13FN2O2/c1-10-2-3-13(7-15(10)19)16(20)21-9-12-4-11(8-18)5-14(17)6-12/h2-7H,9,19H2,1H3. The summed E-state index contributed by atoms with van der Waals surface area (Å²) in [7, 11) is 0. The van der Waals surface area contributed by atoms with Crippen LogP contribution in [0.1, 0.15) is 27.0 Å². The van der Waals surface area contributed by atoms with Crippen LogP contribution in [0.5, 0.6) is 0 Å². The van der Waals surface area contributed by atoms with E-state index in [1.807, 2.05) is 13.0 Å². The van der Waals surface area contributed by atoms with Crippen LogP contribution in [-0.2, 0) is 11.3 Å². The highest BCUT2D eigenvalue weighted by Crippen LogP contribution is 2.15. The second-order valence-electron chi connectivity index (χ2n) is 4.61. The molecular formula is C16H13FN2O2. The first-order valence-electron chi connectivity index (χ1n) is 6.22. The van der Waals surface area contributed by atoms with E-state index in [1.165, 1.54) is 18.2 Å². The van der Waals surface area contributed by atoms with Gasteiger partial charge in [0.05, 0.1) is 17.2 Å². The van der Waals surface area contributed by atoms with Gasteiger partial charge in [0.2, 0.25) is 0 Å². The zero-order valence-electron chi connectivity index (χ0n) is 11.4. The van der Waals surface area contributed by atoms with Crippen LogP contribution >= 0.6 is 0 Å². The molecule has 2 aromatic carbocycles. The Labute approximate surface area is 121 Å². The third kappa shape index (κ3) is 3.57. The van der Waals surface area contributed by atoms with Gasteiger partial charge in [0.25, 0.3) is 0 Å². The molecule has 0 aromatic heterocycles. The number of ether oxygens (including phenoxy) is 1. The van der Waals surface area contributed by atoms with Gasteiger partial charge in [-0.2, -0.15) is 5.26 Å². The Morgan fingerprint density at radius 2 is 2.10 bits per heavy atom. The summed E-state index contributed by atoms with van der Waals surface area (Å²) in [5.74, 6) is -1.09. The summed E-state index contributed by atoms with van der Waals surface area (Å²) >= 11 is 0. The summed E-state index contributed by atoms with van der Waals surface area (Å²) in [5, 5.41) is 8.76. The van der Waals surface area contributed by atoms with Gasteiger partial charge in [-0.25, -0.2) is 9.18 Å². The molecule has 0 aliphatic heterocycles. The molecule has 0 unspecified atom stereocenters. The molecule has 0 bridgehead atoms. The number of aryl methyl sites for hydroxylation is 1. The maximum Gasteiger partial charge on any atom is 0.338 e. The Hall–Kier alpha value is -2.87. The minimum Gasteiger partial charge on any atom is -0.457 e. The van der Waals surface area contributed by atoms with Gasteiger partial charge in [-0.1, -0.05) is 6.07 Å². The van der Waals surface area contributed by atoms with Gasteiger partial charge in [-0.15, -0.1) is 0 Å². The summed E-state index contributed by atoms with van der Waals surface area (Å²) in [5.41, 5.74) is 8.03. The zero-order chi connectivity index (χ0) is 15.4. The highest BCUT2D eigenvalue weighted by Gasteiger charge is 2.09. The number of nitrogens with zero attached hydrogens (tertiary/aromatic N) is 1. The SMILES string of the molecule is Cc1ccc(C(=O)OCc2cc(F)cc(C#N)c2)cc1N. The number of anilines is 1. The number of nitrogens with two attached hydrogens (primary N) is 1. The lowest BCUT2D eigenvalue weighted by Gasteiger charge is -2.07. The van der Waals surface area contributed by atoms with E-state index in [4.69, 9.17) is 15.7 Å². The van der Waals surface area contributed by atoms with Gasteiger partial charge in [0, 0.05) is 5.69 Å². The molecule has 2 aromatic rings. The molecule has 0 aliphatic rings. The minimum absolute atomic E-state index is 0.112. The van der Waals surface area contributed by atoms with Crippen LogP contribution in [0.4, 0.5) is 10.1 Å². The summed E-state index contributed by atoms with van der Waals surface area (Å²) < 4.78 is 18.3. The first-order valence-corrected chi connectivity index (χ1v) is 6.22. The molecule has 106 valence electrons. The van der Waals surface area contributed by atoms with Gasteiger partial charge in [-0.05, 0) is 48.4 Å². The summed E-state index contributed by atoms with van der Waals surface area (Å²) in [6.07, 6.45) is 0. The van der Waals surface area contributed by atoms with Crippen LogP contribution in [0.15, 0.2) is 36.4 Å². The molecule has 2 rings (SSSR count). The smallest absolute Gasteiger partial charge is 0.338 e. The minimum atomic E-state index is -0.551. The first-order chi connectivity index (χ1) is 9.99. The number of carbonyl (C=O) groups excluding carboxylic acids is 1. The largest absolute Gasteiger partial charge is 0.457 e. The van der Waals surface area contributed by atoms with Crippen LogP contribution in [0.2, 0.25) is 0 Å². The van der Waals surface area contributed by atoms with Crippen LogP contribution in [0, 0.1) is 24.1 Å². The normalized spacial score (nSPS) is 9.95. The zero-order valence-corrected chi connectivity index (χ0v) is 11.4. The van der Waals surface area contributed by atoms with E-state index in [2.05, 4.69) is 0 Å². The van der Waals surface area contributed by atoms with Crippen molar-refractivity contribution in [2.75, 3.05) is 5.73 Å². The Morgan fingerprint density at radius 3 is 2.76 bits per heavy atom. The average molecular weight is 284 g/mol. The summed E-state index contributed by atoms with van der Waals surface area (Å²) in [6, 6.07) is 10.5. The van der Waals surface area contributed by atoms with E-state index in [9.17, 15) is 9.18 Å². The fourth-order valence-corrected chi connectivity index (χ4v) is 1.80. The van der Waals surface area contributed by atoms with Crippen LogP contribution < -0.4 is 5.73 Å². The molecular weight excluding hydrogens is 271 g/mol. The van der Waals surface area contributed by atoms with Crippen LogP contribution in [0.3, 0.4) is 0 Å². The fraction of sp³-hybridized carbons (Fsp3) is 0.125. The number of nitrogen functional groups attached to an aromatic ring is 1. The van der Waals surface area contributed by atoms with E-state index in [-0.39, 0.29) is 12.2 Å². The lowest BCUT2D eigenvalue weighted by atomic mass is 10.1. The van der Waals surface area contributed by atoms with Crippen molar-refractivity contribution >= 4 is 11.7 Å². The molecule has 0 aliphatic carbocycles. The molecule has 0 radical (unpaired) electrons. The maximum atomic E-state index is 13.3. The maximum absolute atomic E-state index is 13.3. The highest BCUT2D eigenvalue weighted by molar-refractivity contribution is 5.90. The van der Waals surface area contributed by atoms with Crippen molar-refractivity contribution in [2.24, 2.45) is 0 Å². The second kappa shape index (κ2) is 6.06. The Balaban J connectivity index is 2.09. The third-order valence-electron chi connectivity index (χ3n) is 2.97. The van der Waals surface area contributed by atoms with Gasteiger partial charge in [0.1, 0.15) is 12.4 Å². The Kier molecular flexibility index (Phi) is 4.19. The van der Waals surface area contributed by atoms with Crippen molar-refractivity contribution < 1.29 is 13.9 Å². The van der Waals surface area contributed by atoms with E-state index < -0.39 is 11.8 Å². The number of carbonyl (C=O) groups is 1. The van der Waals surface area contributed by atoms with Crippen molar-refractivity contribution in [1.29, 1.82) is 5.26 Å². The number of halogens is 1. The molecule has 0 amide bonds. The molecule has 4 nitrogen and oxygen atoms in total. The quantitative estimate of drug-likeness (QED) is 0.694. The molecule has 0 heterocycles. The van der Waals surface area contributed by atoms with Crippen molar-refractivity contribution in [3.8, 4) is 6.07 Å². The average Bonchev–Trinajstić information content (AvgIpc) is 2.47. The highest BCUT2D eigenvalue weighted by atomic mass is 19.1. The molecule has 0 fully saturated rings. The van der Waals surface area contributed by atoms with Gasteiger partial charge >= 0.3 is 5.97 Å². The first kappa shape index (κ1) is 14.5. The molecule has 0 saturated heterocycles.